The molecule has 0 aliphatic rings. The highest BCUT2D eigenvalue weighted by Gasteiger charge is 2.05. The van der Waals surface area contributed by atoms with Gasteiger partial charge in [0, 0.05) is 19.5 Å². The van der Waals surface area contributed by atoms with Crippen molar-refractivity contribution in [3.8, 4) is 0 Å². The lowest BCUT2D eigenvalue weighted by molar-refractivity contribution is -0.133. The van der Waals surface area contributed by atoms with Gasteiger partial charge < -0.3 is 9.84 Å². The lowest BCUT2D eigenvalue weighted by atomic mass is 10.2. The largest absolute Gasteiger partial charge is 0.478 e. The number of ether oxygens (including phenoxy) is 1. The van der Waals surface area contributed by atoms with Crippen LogP contribution in [0, 0.1) is 0 Å². The van der Waals surface area contributed by atoms with Crippen molar-refractivity contribution in [3.05, 3.63) is 35.7 Å². The molecule has 1 heterocycles. The molecule has 1 N–H and O–H groups in total. The van der Waals surface area contributed by atoms with Gasteiger partial charge in [0.15, 0.2) is 0 Å². The van der Waals surface area contributed by atoms with E-state index in [1.807, 2.05) is 0 Å². The van der Waals surface area contributed by atoms with Crippen molar-refractivity contribution >= 4 is 12.0 Å². The second-order valence-electron chi connectivity index (χ2n) is 2.69. The molecule has 0 atom stereocenters. The van der Waals surface area contributed by atoms with Crippen molar-refractivity contribution in [2.24, 2.45) is 0 Å². The molecule has 0 bridgehead atoms. The Hall–Kier alpha value is -1.68. The van der Waals surface area contributed by atoms with E-state index < -0.39 is 5.97 Å². The van der Waals surface area contributed by atoms with Crippen LogP contribution in [0.3, 0.4) is 0 Å². The molecular weight excluding hydrogens is 182 g/mol. The molecule has 4 nitrogen and oxygen atoms in total. The summed E-state index contributed by atoms with van der Waals surface area (Å²) < 4.78 is 4.77. The van der Waals surface area contributed by atoms with Crippen molar-refractivity contribution in [2.45, 2.75) is 0 Å². The Balaban J connectivity index is 2.88. The molecule has 0 radical (unpaired) electrons. The van der Waals surface area contributed by atoms with Gasteiger partial charge in [-0.1, -0.05) is 0 Å². The molecule has 4 heteroatoms. The normalized spacial score (nSPS) is 11.4. The summed E-state index contributed by atoms with van der Waals surface area (Å²) in [5.41, 5.74) is 1.02. The molecule has 0 aliphatic heterocycles. The molecule has 0 fully saturated rings. The smallest absolute Gasteiger partial charge is 0.333 e. The first kappa shape index (κ1) is 10.4. The predicted molar refractivity (Wildman–Crippen MR) is 51.7 cm³/mol. The number of carboxylic acid groups (broad SMARTS) is 1. The van der Waals surface area contributed by atoms with Crippen LogP contribution in [-0.2, 0) is 9.53 Å². The summed E-state index contributed by atoms with van der Waals surface area (Å²) >= 11 is 0. The number of carboxylic acids is 1. The standard InChI is InChI=1S/C10H11NO3/c1-14-7-9(10(12)13)6-8-2-4-11-5-3-8/h2-6H,7H2,1H3,(H,12,13)/b9-6+. The van der Waals surface area contributed by atoms with E-state index in [9.17, 15) is 4.79 Å². The molecule has 14 heavy (non-hydrogen) atoms. The van der Waals surface area contributed by atoms with Crippen LogP contribution in [0.4, 0.5) is 0 Å². The second-order valence-corrected chi connectivity index (χ2v) is 2.69. The Morgan fingerprint density at radius 2 is 2.21 bits per heavy atom. The highest BCUT2D eigenvalue weighted by Crippen LogP contribution is 2.05. The first-order valence-corrected chi connectivity index (χ1v) is 4.07. The van der Waals surface area contributed by atoms with Crippen molar-refractivity contribution in [1.29, 1.82) is 0 Å². The Morgan fingerprint density at radius 1 is 1.57 bits per heavy atom. The molecule has 1 aromatic heterocycles. The molecule has 0 aromatic carbocycles. The van der Waals surface area contributed by atoms with Gasteiger partial charge >= 0.3 is 5.97 Å². The Bertz CT molecular complexity index is 332. The number of carbonyl (C=O) groups is 1. The molecule has 0 saturated carbocycles. The fourth-order valence-electron chi connectivity index (χ4n) is 0.981. The minimum Gasteiger partial charge on any atom is -0.478 e. The number of methoxy groups -OCH3 is 1. The predicted octanol–water partition coefficient (Wildman–Crippen LogP) is 1.20. The molecule has 0 spiro atoms. The maximum absolute atomic E-state index is 10.7. The van der Waals surface area contributed by atoms with Gasteiger partial charge in [0.05, 0.1) is 12.2 Å². The number of rotatable bonds is 4. The quantitative estimate of drug-likeness (QED) is 0.730. The highest BCUT2D eigenvalue weighted by atomic mass is 16.5. The maximum Gasteiger partial charge on any atom is 0.333 e. The van der Waals surface area contributed by atoms with Gasteiger partial charge in [-0.2, -0.15) is 0 Å². The van der Waals surface area contributed by atoms with Crippen LogP contribution in [0.15, 0.2) is 30.1 Å². The third kappa shape index (κ3) is 2.99. The molecule has 0 amide bonds. The van der Waals surface area contributed by atoms with Crippen LogP contribution in [-0.4, -0.2) is 29.8 Å². The summed E-state index contributed by atoms with van der Waals surface area (Å²) in [6, 6.07) is 3.47. The van der Waals surface area contributed by atoms with Gasteiger partial charge in [0.1, 0.15) is 0 Å². The van der Waals surface area contributed by atoms with E-state index in [0.717, 1.165) is 5.56 Å². The molecule has 74 valence electrons. The van der Waals surface area contributed by atoms with Crippen molar-refractivity contribution in [1.82, 2.24) is 4.98 Å². The first-order valence-electron chi connectivity index (χ1n) is 4.07. The van der Waals surface area contributed by atoms with Gasteiger partial charge in [-0.25, -0.2) is 4.79 Å². The van der Waals surface area contributed by atoms with E-state index in [0.29, 0.717) is 0 Å². The van der Waals surface area contributed by atoms with E-state index in [2.05, 4.69) is 4.98 Å². The Morgan fingerprint density at radius 3 is 2.71 bits per heavy atom. The third-order valence-corrected chi connectivity index (χ3v) is 1.62. The number of aliphatic carboxylic acids is 1. The molecular formula is C10H11NO3. The third-order valence-electron chi connectivity index (χ3n) is 1.62. The average Bonchev–Trinajstić information content (AvgIpc) is 2.18. The average molecular weight is 193 g/mol. The van der Waals surface area contributed by atoms with E-state index in [4.69, 9.17) is 9.84 Å². The van der Waals surface area contributed by atoms with Crippen LogP contribution in [0.2, 0.25) is 0 Å². The zero-order valence-electron chi connectivity index (χ0n) is 7.80. The van der Waals surface area contributed by atoms with Crippen LogP contribution < -0.4 is 0 Å². The van der Waals surface area contributed by atoms with E-state index in [1.54, 1.807) is 30.6 Å². The summed E-state index contributed by atoms with van der Waals surface area (Å²) in [5.74, 6) is -0.969. The molecule has 0 saturated heterocycles. The second kappa shape index (κ2) is 5.14. The minimum absolute atomic E-state index is 0.0949. The fourth-order valence-corrected chi connectivity index (χ4v) is 0.981. The summed E-state index contributed by atoms with van der Waals surface area (Å²) in [5, 5.41) is 8.80. The summed E-state index contributed by atoms with van der Waals surface area (Å²) in [6.07, 6.45) is 4.78. The summed E-state index contributed by atoms with van der Waals surface area (Å²) in [4.78, 5) is 14.6. The van der Waals surface area contributed by atoms with Gasteiger partial charge in [-0.15, -0.1) is 0 Å². The number of hydrogen-bond donors (Lipinski definition) is 1. The lowest BCUT2D eigenvalue weighted by Crippen LogP contribution is -2.06. The molecule has 0 aliphatic carbocycles. The van der Waals surface area contributed by atoms with Crippen LogP contribution in [0.5, 0.6) is 0 Å². The fraction of sp³-hybridized carbons (Fsp3) is 0.200. The van der Waals surface area contributed by atoms with Gasteiger partial charge in [0.2, 0.25) is 0 Å². The zero-order valence-corrected chi connectivity index (χ0v) is 7.80. The highest BCUT2D eigenvalue weighted by molar-refractivity contribution is 5.92. The number of aromatic nitrogens is 1. The summed E-state index contributed by atoms with van der Waals surface area (Å²) in [7, 11) is 1.46. The van der Waals surface area contributed by atoms with E-state index in [1.165, 1.54) is 7.11 Å². The Kier molecular flexibility index (Phi) is 3.82. The first-order chi connectivity index (χ1) is 6.74. The monoisotopic (exact) mass is 193 g/mol. The van der Waals surface area contributed by atoms with Gasteiger partial charge in [-0.3, -0.25) is 4.98 Å². The summed E-state index contributed by atoms with van der Waals surface area (Å²) in [6.45, 7) is 0.0949. The van der Waals surface area contributed by atoms with Crippen molar-refractivity contribution in [2.75, 3.05) is 13.7 Å². The van der Waals surface area contributed by atoms with Crippen molar-refractivity contribution in [3.63, 3.8) is 0 Å². The van der Waals surface area contributed by atoms with Crippen LogP contribution in [0.1, 0.15) is 5.56 Å². The number of nitrogens with zero attached hydrogens (tertiary/aromatic N) is 1. The maximum atomic E-state index is 10.7. The van der Waals surface area contributed by atoms with E-state index >= 15 is 0 Å². The molecule has 1 rings (SSSR count). The minimum atomic E-state index is -0.969. The molecule has 1 aromatic rings. The zero-order chi connectivity index (χ0) is 10.4. The van der Waals surface area contributed by atoms with E-state index in [-0.39, 0.29) is 12.2 Å². The number of hydrogen-bond acceptors (Lipinski definition) is 3. The topological polar surface area (TPSA) is 59.4 Å². The van der Waals surface area contributed by atoms with Crippen molar-refractivity contribution < 1.29 is 14.6 Å². The van der Waals surface area contributed by atoms with Gasteiger partial charge in [-0.05, 0) is 23.8 Å². The van der Waals surface area contributed by atoms with Crippen LogP contribution in [0.25, 0.3) is 6.08 Å². The van der Waals surface area contributed by atoms with Gasteiger partial charge in [0.25, 0.3) is 0 Å². The number of pyridine rings is 1. The van der Waals surface area contributed by atoms with Crippen LogP contribution >= 0.6 is 0 Å². The molecule has 0 unspecified atom stereocenters. The SMILES string of the molecule is COC/C(=C\c1ccncc1)C(=O)O. The lowest BCUT2D eigenvalue weighted by Gasteiger charge is -2.00. The Labute approximate surface area is 81.9 Å².